The molecule has 8 nitrogen and oxygen atoms in total. The molecule has 0 bridgehead atoms. The van der Waals surface area contributed by atoms with E-state index < -0.39 is 9.84 Å². The van der Waals surface area contributed by atoms with Crippen LogP contribution in [0.5, 0.6) is 0 Å². The van der Waals surface area contributed by atoms with E-state index in [1.807, 2.05) is 6.08 Å². The Morgan fingerprint density at radius 3 is 2.48 bits per heavy atom. The summed E-state index contributed by atoms with van der Waals surface area (Å²) in [6.07, 6.45) is 10.3. The predicted octanol–water partition coefficient (Wildman–Crippen LogP) is 5.39. The molecule has 216 valence electrons. The van der Waals surface area contributed by atoms with Crippen molar-refractivity contribution in [2.24, 2.45) is 0 Å². The second kappa shape index (κ2) is 12.2. The van der Waals surface area contributed by atoms with Crippen LogP contribution < -0.4 is 5.32 Å². The van der Waals surface area contributed by atoms with E-state index in [1.165, 1.54) is 0 Å². The average molecular weight is 567 g/mol. The molecule has 0 aliphatic carbocycles. The lowest BCUT2D eigenvalue weighted by atomic mass is 9.85. The minimum atomic E-state index is -3.63. The van der Waals surface area contributed by atoms with Crippen LogP contribution in [-0.4, -0.2) is 59.4 Å². The third-order valence-electron chi connectivity index (χ3n) is 7.76. The van der Waals surface area contributed by atoms with Gasteiger partial charge in [-0.3, -0.25) is 9.69 Å². The summed E-state index contributed by atoms with van der Waals surface area (Å²) in [4.78, 5) is 19.8. The van der Waals surface area contributed by atoms with Crippen LogP contribution in [0, 0.1) is 0 Å². The lowest BCUT2D eigenvalue weighted by Gasteiger charge is -2.46. The molecule has 40 heavy (non-hydrogen) atoms. The molecule has 0 atom stereocenters. The number of piperidine rings is 1. The number of ether oxygens (including phenoxy) is 1. The normalized spacial score (nSPS) is 16.8. The Morgan fingerprint density at radius 2 is 1.82 bits per heavy atom. The van der Waals surface area contributed by atoms with E-state index >= 15 is 0 Å². The Morgan fingerprint density at radius 1 is 1.12 bits per heavy atom. The van der Waals surface area contributed by atoms with Gasteiger partial charge in [-0.1, -0.05) is 25.1 Å². The largest absolute Gasteiger partial charge is 0.375 e. The third kappa shape index (κ3) is 7.00. The van der Waals surface area contributed by atoms with Crippen LogP contribution in [0.25, 0.3) is 5.65 Å². The molecule has 9 heteroatoms. The molecule has 2 aromatic heterocycles. The smallest absolute Gasteiger partial charge is 0.253 e. The molecule has 1 amide bonds. The molecule has 3 aromatic rings. The summed E-state index contributed by atoms with van der Waals surface area (Å²) in [5.41, 5.74) is 1.88. The minimum Gasteiger partial charge on any atom is -0.375 e. The quantitative estimate of drug-likeness (QED) is 0.354. The predicted molar refractivity (Wildman–Crippen MR) is 158 cm³/mol. The first kappa shape index (κ1) is 30.0. The molecule has 1 aliphatic heterocycles. The average Bonchev–Trinajstić information content (AvgIpc) is 3.41. The Labute approximate surface area is 238 Å². The molecule has 1 aromatic carbocycles. The highest BCUT2D eigenvalue weighted by atomic mass is 32.2. The molecular weight excluding hydrogens is 524 g/mol. The summed E-state index contributed by atoms with van der Waals surface area (Å²) < 4.78 is 34.9. The van der Waals surface area contributed by atoms with Crippen LogP contribution in [-0.2, 0) is 21.1 Å². The second-order valence-corrected chi connectivity index (χ2v) is 13.8. The highest BCUT2D eigenvalue weighted by Crippen LogP contribution is 2.34. The molecule has 0 radical (unpaired) electrons. The van der Waals surface area contributed by atoms with Gasteiger partial charge in [-0.25, -0.2) is 13.4 Å². The van der Waals surface area contributed by atoms with Crippen LogP contribution in [0.2, 0.25) is 0 Å². The molecule has 1 saturated heterocycles. The number of nitrogens with one attached hydrogen (secondary N) is 1. The fraction of sp³-hybridized carbons (Fsp3) is 0.484. The zero-order chi connectivity index (χ0) is 29.0. The summed E-state index contributed by atoms with van der Waals surface area (Å²) >= 11 is 0. The molecular formula is C31H42N4O4S. The Kier molecular flexibility index (Phi) is 9.17. The van der Waals surface area contributed by atoms with Crippen molar-refractivity contribution in [1.29, 1.82) is 0 Å². The maximum absolute atomic E-state index is 13.4. The SMILES string of the molecule is CCCOC1(CC=C(C)S(=O)(=O)c2ccc(CNC(=O)c3ccc4nccn4c3)cc2)CCN(C(C)(C)C)CC1. The molecule has 1 fully saturated rings. The lowest BCUT2D eigenvalue weighted by Crippen LogP contribution is -2.52. The van der Waals surface area contributed by atoms with Gasteiger partial charge in [0.1, 0.15) is 5.65 Å². The number of hydrogen-bond acceptors (Lipinski definition) is 6. The summed E-state index contributed by atoms with van der Waals surface area (Å²) in [6, 6.07) is 10.2. The van der Waals surface area contributed by atoms with E-state index in [0.29, 0.717) is 30.0 Å². The van der Waals surface area contributed by atoms with Crippen molar-refractivity contribution in [1.82, 2.24) is 19.6 Å². The van der Waals surface area contributed by atoms with E-state index in [1.54, 1.807) is 66.3 Å². The van der Waals surface area contributed by atoms with E-state index in [-0.39, 0.29) is 21.9 Å². The number of carbonyl (C=O) groups is 1. The van der Waals surface area contributed by atoms with Crippen molar-refractivity contribution in [3.63, 3.8) is 0 Å². The van der Waals surface area contributed by atoms with Gasteiger partial charge in [0.05, 0.1) is 16.1 Å². The van der Waals surface area contributed by atoms with E-state index in [9.17, 15) is 13.2 Å². The maximum atomic E-state index is 13.4. The van der Waals surface area contributed by atoms with Gasteiger partial charge in [-0.15, -0.1) is 0 Å². The first-order valence-electron chi connectivity index (χ1n) is 14.0. The molecule has 0 saturated carbocycles. The molecule has 3 heterocycles. The zero-order valence-electron chi connectivity index (χ0n) is 24.3. The number of nitrogens with zero attached hydrogens (tertiary/aromatic N) is 3. The van der Waals surface area contributed by atoms with Crippen molar-refractivity contribution >= 4 is 21.4 Å². The number of fused-ring (bicyclic) bond motifs is 1. The Balaban J connectivity index is 1.39. The highest BCUT2D eigenvalue weighted by molar-refractivity contribution is 7.95. The van der Waals surface area contributed by atoms with Crippen LogP contribution in [0.15, 0.2) is 70.9 Å². The monoisotopic (exact) mass is 566 g/mol. The molecule has 4 rings (SSSR count). The summed E-state index contributed by atoms with van der Waals surface area (Å²) in [5.74, 6) is -0.210. The van der Waals surface area contributed by atoms with Gasteiger partial charge < -0.3 is 14.5 Å². The van der Waals surface area contributed by atoms with Gasteiger partial charge in [-0.05, 0) is 83.2 Å². The van der Waals surface area contributed by atoms with Gasteiger partial charge in [0, 0.05) is 55.3 Å². The third-order valence-corrected chi connectivity index (χ3v) is 9.67. The maximum Gasteiger partial charge on any atom is 0.253 e. The lowest BCUT2D eigenvalue weighted by molar-refractivity contribution is -0.0926. The van der Waals surface area contributed by atoms with E-state index in [4.69, 9.17) is 4.74 Å². The zero-order valence-corrected chi connectivity index (χ0v) is 25.1. The fourth-order valence-corrected chi connectivity index (χ4v) is 6.23. The van der Waals surface area contributed by atoms with Crippen molar-refractivity contribution in [3.8, 4) is 0 Å². The van der Waals surface area contributed by atoms with Gasteiger partial charge in [0.15, 0.2) is 0 Å². The fourth-order valence-electron chi connectivity index (χ4n) is 5.06. The highest BCUT2D eigenvalue weighted by Gasteiger charge is 2.37. The van der Waals surface area contributed by atoms with Crippen LogP contribution in [0.3, 0.4) is 0 Å². The molecule has 1 N–H and O–H groups in total. The second-order valence-electron chi connectivity index (χ2n) is 11.6. The number of aromatic nitrogens is 2. The Hall–Kier alpha value is -3.01. The van der Waals surface area contributed by atoms with Crippen molar-refractivity contribution in [2.45, 2.75) is 82.9 Å². The van der Waals surface area contributed by atoms with Crippen molar-refractivity contribution in [2.75, 3.05) is 19.7 Å². The summed E-state index contributed by atoms with van der Waals surface area (Å²) in [7, 11) is -3.63. The van der Waals surface area contributed by atoms with Gasteiger partial charge in [-0.2, -0.15) is 0 Å². The number of allylic oxidation sites excluding steroid dienone is 1. The number of carbonyl (C=O) groups excluding carboxylic acids is 1. The van der Waals surface area contributed by atoms with Crippen LogP contribution in [0.1, 0.15) is 76.2 Å². The number of likely N-dealkylation sites (tertiary alicyclic amines) is 1. The minimum absolute atomic E-state index is 0.107. The summed E-state index contributed by atoms with van der Waals surface area (Å²) in [5, 5.41) is 2.89. The summed E-state index contributed by atoms with van der Waals surface area (Å²) in [6.45, 7) is 13.3. The van der Waals surface area contributed by atoms with Crippen LogP contribution in [0.4, 0.5) is 0 Å². The number of hydrogen-bond donors (Lipinski definition) is 1. The number of pyridine rings is 1. The number of imidazole rings is 1. The molecule has 0 unspecified atom stereocenters. The molecule has 0 spiro atoms. The van der Waals surface area contributed by atoms with Gasteiger partial charge >= 0.3 is 0 Å². The van der Waals surface area contributed by atoms with Gasteiger partial charge in [0.25, 0.3) is 5.91 Å². The van der Waals surface area contributed by atoms with Crippen molar-refractivity contribution in [3.05, 3.63) is 77.1 Å². The number of rotatable bonds is 10. The first-order valence-corrected chi connectivity index (χ1v) is 15.5. The number of amides is 1. The molecule has 1 aliphatic rings. The standard InChI is InChI=1S/C31H42N4O4S/c1-6-21-39-31(15-18-35(19-16-31)30(3,4)5)14-13-24(2)40(37,38)27-10-7-25(8-11-27)22-33-29(36)26-9-12-28-32-17-20-34(28)23-26/h7-13,17,20,23H,6,14-16,18-19,21-22H2,1-5H3,(H,33,36). The van der Waals surface area contributed by atoms with Crippen LogP contribution >= 0.6 is 0 Å². The van der Waals surface area contributed by atoms with Gasteiger partial charge in [0.2, 0.25) is 9.84 Å². The van der Waals surface area contributed by atoms with E-state index in [0.717, 1.165) is 43.6 Å². The Bertz CT molecular complexity index is 1440. The van der Waals surface area contributed by atoms with Crippen molar-refractivity contribution < 1.29 is 17.9 Å². The first-order chi connectivity index (χ1) is 18.9. The number of sulfone groups is 1. The number of benzene rings is 1. The van der Waals surface area contributed by atoms with E-state index in [2.05, 4.69) is 42.9 Å². The topological polar surface area (TPSA) is 93.0 Å².